The maximum atomic E-state index is 13.4. The van der Waals surface area contributed by atoms with Gasteiger partial charge in [0.05, 0.1) is 21.7 Å². The summed E-state index contributed by atoms with van der Waals surface area (Å²) >= 11 is 16.7. The predicted octanol–water partition coefficient (Wildman–Crippen LogP) is 7.04. The number of hydrazine groups is 1. The lowest BCUT2D eigenvalue weighted by Crippen LogP contribution is -2.42. The molecule has 0 saturated carbocycles. The Hall–Kier alpha value is -2.33. The van der Waals surface area contributed by atoms with Gasteiger partial charge < -0.3 is 0 Å². The van der Waals surface area contributed by atoms with Crippen molar-refractivity contribution >= 4 is 85.4 Å². The minimum absolute atomic E-state index is 0.0484. The summed E-state index contributed by atoms with van der Waals surface area (Å²) in [5.74, 6) is -0.252. The Morgan fingerprint density at radius 3 is 2.51 bits per heavy atom. The number of fused-ring (bicyclic) bond motifs is 1. The second-order valence-electron chi connectivity index (χ2n) is 7.45. The highest BCUT2D eigenvalue weighted by Gasteiger charge is 2.38. The van der Waals surface area contributed by atoms with E-state index in [2.05, 4.69) is 10.4 Å². The van der Waals surface area contributed by atoms with Crippen LogP contribution in [0.1, 0.15) is 16.5 Å². The molecule has 1 amide bonds. The van der Waals surface area contributed by atoms with Crippen LogP contribution in [0.2, 0.25) is 10.0 Å². The van der Waals surface area contributed by atoms with Crippen LogP contribution in [0.5, 0.6) is 0 Å². The number of hydrogen-bond acceptors (Lipinski definition) is 7. The summed E-state index contributed by atoms with van der Waals surface area (Å²) in [5.41, 5.74) is 5.40. The van der Waals surface area contributed by atoms with E-state index in [9.17, 15) is 9.59 Å². The van der Waals surface area contributed by atoms with E-state index in [-0.39, 0.29) is 17.6 Å². The molecule has 0 radical (unpaired) electrons. The molecule has 2 heterocycles. The zero-order valence-corrected chi connectivity index (χ0v) is 21.9. The number of carbonyl (C=O) groups excluding carboxylic acids is 2. The third-order valence-electron chi connectivity index (χ3n) is 5.13. The number of benzene rings is 3. The predicted molar refractivity (Wildman–Crippen MR) is 147 cm³/mol. The first-order valence-electron chi connectivity index (χ1n) is 10.5. The van der Waals surface area contributed by atoms with Crippen molar-refractivity contribution in [3.63, 3.8) is 0 Å². The summed E-state index contributed by atoms with van der Waals surface area (Å²) in [7, 11) is 0. The second-order valence-corrected chi connectivity index (χ2v) is 11.7. The summed E-state index contributed by atoms with van der Waals surface area (Å²) in [5, 5.41) is 1.97. The smallest absolute Gasteiger partial charge is 0.275 e. The standard InChI is InChI=1S/C25H17Cl2N3O2S3/c26-17-9-3-1-7-15(17)13-21-23(32)30(24(33-21)16-8-2-4-10-18(16)27)28-14-22(31)35-25-29-19-11-5-6-12-20(19)34-25/h1-13,24,28H,14H2/b21-13+. The topological polar surface area (TPSA) is 62.3 Å². The van der Waals surface area contributed by atoms with Crippen molar-refractivity contribution < 1.29 is 9.59 Å². The normalized spacial score (nSPS) is 17.0. The van der Waals surface area contributed by atoms with Gasteiger partial charge in [0.25, 0.3) is 5.91 Å². The first-order chi connectivity index (χ1) is 17.0. The van der Waals surface area contributed by atoms with E-state index in [0.717, 1.165) is 33.1 Å². The lowest BCUT2D eigenvalue weighted by molar-refractivity contribution is -0.129. The van der Waals surface area contributed by atoms with E-state index in [1.165, 1.54) is 28.1 Å². The Morgan fingerprint density at radius 2 is 1.74 bits per heavy atom. The summed E-state index contributed by atoms with van der Waals surface area (Å²) in [6.45, 7) is -0.0484. The Balaban J connectivity index is 1.36. The number of rotatable bonds is 6. The van der Waals surface area contributed by atoms with Gasteiger partial charge >= 0.3 is 0 Å². The number of nitrogens with zero attached hydrogens (tertiary/aromatic N) is 2. The molecule has 1 aliphatic heterocycles. The van der Waals surface area contributed by atoms with Gasteiger partial charge in [0.1, 0.15) is 5.37 Å². The van der Waals surface area contributed by atoms with Crippen LogP contribution < -0.4 is 5.43 Å². The number of halogens is 2. The number of nitrogens with one attached hydrogen (secondary N) is 1. The average molecular weight is 559 g/mol. The highest BCUT2D eigenvalue weighted by molar-refractivity contribution is 8.15. The third-order valence-corrected chi connectivity index (χ3v) is 9.03. The number of amides is 1. The fourth-order valence-electron chi connectivity index (χ4n) is 3.49. The van der Waals surface area contributed by atoms with Gasteiger partial charge in [-0.2, -0.15) is 0 Å². The summed E-state index contributed by atoms with van der Waals surface area (Å²) in [4.78, 5) is 31.1. The number of para-hydroxylation sites is 1. The van der Waals surface area contributed by atoms with Crippen LogP contribution in [0.15, 0.2) is 82.0 Å². The lowest BCUT2D eigenvalue weighted by atomic mass is 10.2. The molecule has 1 fully saturated rings. The molecule has 5 rings (SSSR count). The fraction of sp³-hybridized carbons (Fsp3) is 0.0800. The fourth-order valence-corrected chi connectivity index (χ4v) is 7.11. The van der Waals surface area contributed by atoms with E-state index in [0.29, 0.717) is 19.3 Å². The minimum Gasteiger partial charge on any atom is -0.285 e. The van der Waals surface area contributed by atoms with Gasteiger partial charge in [-0.1, -0.05) is 83.5 Å². The van der Waals surface area contributed by atoms with Gasteiger partial charge in [-0.3, -0.25) is 14.6 Å². The van der Waals surface area contributed by atoms with Crippen LogP contribution in [-0.2, 0) is 9.59 Å². The molecule has 4 aromatic rings. The van der Waals surface area contributed by atoms with E-state index in [1.807, 2.05) is 60.7 Å². The van der Waals surface area contributed by atoms with Crippen LogP contribution in [-0.4, -0.2) is 27.6 Å². The Labute approximate surface area is 224 Å². The Morgan fingerprint density at radius 1 is 1.03 bits per heavy atom. The highest BCUT2D eigenvalue weighted by Crippen LogP contribution is 2.47. The molecule has 0 bridgehead atoms. The highest BCUT2D eigenvalue weighted by atomic mass is 35.5. The minimum atomic E-state index is -0.440. The molecule has 176 valence electrons. The third kappa shape index (κ3) is 5.43. The van der Waals surface area contributed by atoms with E-state index in [4.69, 9.17) is 23.2 Å². The Bertz CT molecular complexity index is 1420. The molecule has 1 saturated heterocycles. The van der Waals surface area contributed by atoms with Gasteiger partial charge in [-0.25, -0.2) is 10.4 Å². The monoisotopic (exact) mass is 557 g/mol. The van der Waals surface area contributed by atoms with Gasteiger partial charge in [0.2, 0.25) is 5.12 Å². The summed E-state index contributed by atoms with van der Waals surface area (Å²) in [6.07, 6.45) is 1.76. The largest absolute Gasteiger partial charge is 0.285 e. The number of hydrogen-bond donors (Lipinski definition) is 1. The van der Waals surface area contributed by atoms with Gasteiger partial charge in [-0.05, 0) is 47.7 Å². The van der Waals surface area contributed by atoms with Crippen molar-refractivity contribution in [2.45, 2.75) is 9.71 Å². The van der Waals surface area contributed by atoms with Crippen LogP contribution in [0, 0.1) is 0 Å². The SMILES string of the molecule is O=C(CNN1C(=O)/C(=C\c2ccccc2Cl)SC1c1ccccc1Cl)Sc1nc2ccccc2s1. The first-order valence-corrected chi connectivity index (χ1v) is 13.8. The molecule has 10 heteroatoms. The quantitative estimate of drug-likeness (QED) is 0.202. The van der Waals surface area contributed by atoms with Crippen molar-refractivity contribution in [1.82, 2.24) is 15.4 Å². The summed E-state index contributed by atoms with van der Waals surface area (Å²) in [6, 6.07) is 22.4. The number of thioether (sulfide) groups is 2. The first kappa shape index (κ1) is 24.4. The lowest BCUT2D eigenvalue weighted by Gasteiger charge is -2.24. The van der Waals surface area contributed by atoms with E-state index < -0.39 is 5.37 Å². The number of carbonyl (C=O) groups is 2. The zero-order valence-electron chi connectivity index (χ0n) is 18.0. The molecule has 1 N–H and O–H groups in total. The van der Waals surface area contributed by atoms with Crippen molar-refractivity contribution in [3.8, 4) is 0 Å². The number of aromatic nitrogens is 1. The van der Waals surface area contributed by atoms with Gasteiger partial charge in [0, 0.05) is 15.6 Å². The molecule has 1 atom stereocenters. The molecule has 1 aromatic heterocycles. The van der Waals surface area contributed by atoms with Crippen LogP contribution in [0.3, 0.4) is 0 Å². The van der Waals surface area contributed by atoms with E-state index in [1.54, 1.807) is 18.2 Å². The van der Waals surface area contributed by atoms with Gasteiger partial charge in [-0.15, -0.1) is 11.3 Å². The summed E-state index contributed by atoms with van der Waals surface area (Å²) < 4.78 is 1.69. The van der Waals surface area contributed by atoms with Crippen molar-refractivity contribution in [2.75, 3.05) is 6.54 Å². The molecule has 3 aromatic carbocycles. The molecule has 1 unspecified atom stereocenters. The molecular weight excluding hydrogens is 541 g/mol. The van der Waals surface area contributed by atoms with Crippen LogP contribution in [0.25, 0.3) is 16.3 Å². The van der Waals surface area contributed by atoms with Crippen molar-refractivity contribution in [2.24, 2.45) is 0 Å². The molecule has 0 aliphatic carbocycles. The molecule has 0 spiro atoms. The van der Waals surface area contributed by atoms with Crippen LogP contribution >= 0.6 is 58.1 Å². The van der Waals surface area contributed by atoms with E-state index >= 15 is 0 Å². The number of thiazole rings is 1. The van der Waals surface area contributed by atoms with Crippen molar-refractivity contribution in [1.29, 1.82) is 0 Å². The maximum absolute atomic E-state index is 13.4. The van der Waals surface area contributed by atoms with Crippen LogP contribution in [0.4, 0.5) is 0 Å². The maximum Gasteiger partial charge on any atom is 0.275 e. The van der Waals surface area contributed by atoms with Crippen molar-refractivity contribution in [3.05, 3.63) is 98.9 Å². The molecule has 1 aliphatic rings. The van der Waals surface area contributed by atoms with Gasteiger partial charge in [0.15, 0.2) is 4.34 Å². The molecule has 5 nitrogen and oxygen atoms in total. The zero-order chi connectivity index (χ0) is 24.4. The molecular formula is C25H17Cl2N3O2S3. The second kappa shape index (κ2) is 10.7. The molecule has 35 heavy (non-hydrogen) atoms. The average Bonchev–Trinajstić information content (AvgIpc) is 3.39. The Kier molecular flexibility index (Phi) is 7.48.